The number of hydrogen-bond acceptors (Lipinski definition) is 4. The van der Waals surface area contributed by atoms with Gasteiger partial charge in [0.2, 0.25) is 15.9 Å². The number of aryl methyl sites for hydroxylation is 1. The molecule has 6 nitrogen and oxygen atoms in total. The van der Waals surface area contributed by atoms with Crippen molar-refractivity contribution < 1.29 is 18.3 Å². The molecule has 0 aliphatic rings. The van der Waals surface area contributed by atoms with Gasteiger partial charge in [0.05, 0.1) is 11.0 Å². The third-order valence-electron chi connectivity index (χ3n) is 4.01. The molecule has 2 rings (SSSR count). The number of amides is 1. The number of aliphatic hydroxyl groups is 1. The Balaban J connectivity index is 2.24. The van der Waals surface area contributed by atoms with Gasteiger partial charge in [0.15, 0.2) is 0 Å². The molecule has 2 N–H and O–H groups in total. The van der Waals surface area contributed by atoms with Crippen LogP contribution in [0, 0.1) is 6.92 Å². The van der Waals surface area contributed by atoms with Crippen molar-refractivity contribution in [3.8, 4) is 0 Å². The van der Waals surface area contributed by atoms with Crippen LogP contribution in [-0.4, -0.2) is 44.5 Å². The lowest BCUT2D eigenvalue weighted by Gasteiger charge is -2.24. The summed E-state index contributed by atoms with van der Waals surface area (Å²) in [5.74, 6) is -0.421. The molecule has 0 aliphatic carbocycles. The maximum atomic E-state index is 12.6. The molecule has 2 aromatic carbocycles. The molecule has 1 amide bonds. The summed E-state index contributed by atoms with van der Waals surface area (Å²) in [5.41, 5.74) is 1.56. The van der Waals surface area contributed by atoms with Crippen molar-refractivity contribution in [2.45, 2.75) is 30.4 Å². The Kier molecular flexibility index (Phi) is 6.52. The van der Waals surface area contributed by atoms with E-state index < -0.39 is 28.1 Å². The third kappa shape index (κ3) is 5.14. The molecule has 0 aliphatic heterocycles. The highest BCUT2D eigenvalue weighted by atomic mass is 32.2. The first kappa shape index (κ1) is 20.1. The average molecular weight is 376 g/mol. The van der Waals surface area contributed by atoms with Gasteiger partial charge < -0.3 is 10.0 Å². The molecule has 0 aromatic heterocycles. The summed E-state index contributed by atoms with van der Waals surface area (Å²) in [6.07, 6.45) is -1.03. The van der Waals surface area contributed by atoms with Crippen LogP contribution in [0.2, 0.25) is 0 Å². The summed E-state index contributed by atoms with van der Waals surface area (Å²) < 4.78 is 27.7. The van der Waals surface area contributed by atoms with E-state index in [0.29, 0.717) is 5.56 Å². The first-order valence-corrected chi connectivity index (χ1v) is 9.72. The fourth-order valence-electron chi connectivity index (χ4n) is 2.52. The second-order valence-electron chi connectivity index (χ2n) is 6.38. The van der Waals surface area contributed by atoms with E-state index >= 15 is 0 Å². The summed E-state index contributed by atoms with van der Waals surface area (Å²) in [7, 11) is -0.799. The van der Waals surface area contributed by atoms with Crippen molar-refractivity contribution in [3.63, 3.8) is 0 Å². The van der Waals surface area contributed by atoms with Gasteiger partial charge in [0.25, 0.3) is 0 Å². The van der Waals surface area contributed by atoms with Crippen LogP contribution < -0.4 is 4.72 Å². The number of carbonyl (C=O) groups is 1. The van der Waals surface area contributed by atoms with E-state index in [1.165, 1.54) is 17.0 Å². The first-order chi connectivity index (χ1) is 12.2. The highest BCUT2D eigenvalue weighted by Crippen LogP contribution is 2.20. The van der Waals surface area contributed by atoms with Gasteiger partial charge in [-0.05, 0) is 24.6 Å². The van der Waals surface area contributed by atoms with Crippen LogP contribution in [-0.2, 0) is 14.8 Å². The van der Waals surface area contributed by atoms with Crippen LogP contribution in [0.5, 0.6) is 0 Å². The summed E-state index contributed by atoms with van der Waals surface area (Å²) in [4.78, 5) is 13.8. The maximum absolute atomic E-state index is 12.6. The van der Waals surface area contributed by atoms with Crippen LogP contribution in [0.4, 0.5) is 0 Å². The molecule has 0 spiro atoms. The van der Waals surface area contributed by atoms with E-state index in [2.05, 4.69) is 4.72 Å². The summed E-state index contributed by atoms with van der Waals surface area (Å²) in [5, 5.41) is 10.4. The molecule has 0 bridgehead atoms. The van der Waals surface area contributed by atoms with Crippen LogP contribution in [0.15, 0.2) is 59.5 Å². The number of benzene rings is 2. The Bertz CT molecular complexity index is 834. The van der Waals surface area contributed by atoms with Crippen molar-refractivity contribution >= 4 is 15.9 Å². The molecule has 0 fully saturated rings. The highest BCUT2D eigenvalue weighted by Gasteiger charge is 2.29. The van der Waals surface area contributed by atoms with Crippen molar-refractivity contribution in [2.75, 3.05) is 14.1 Å². The zero-order valence-corrected chi connectivity index (χ0v) is 15.9. The number of aliphatic hydroxyl groups excluding tert-OH is 1. The number of sulfonamides is 1. The number of hydrogen-bond donors (Lipinski definition) is 2. The zero-order chi connectivity index (χ0) is 19.3. The topological polar surface area (TPSA) is 86.7 Å². The quantitative estimate of drug-likeness (QED) is 0.772. The molecule has 0 radical (unpaired) electrons. The summed E-state index contributed by atoms with van der Waals surface area (Å²) >= 11 is 0. The standard InChI is InChI=1S/C19H24N2O4S/c1-14-9-11-16(12-10-14)26(24,25)20-17(19(23)21(2)3)13-18(22)15-7-5-4-6-8-15/h4-12,17-18,20,22H,13H2,1-3H3. The number of nitrogens with zero attached hydrogens (tertiary/aromatic N) is 1. The van der Waals surface area contributed by atoms with E-state index in [1.54, 1.807) is 50.5 Å². The molecule has 2 aromatic rings. The minimum atomic E-state index is -3.89. The predicted molar refractivity (Wildman–Crippen MR) is 100 cm³/mol. The van der Waals surface area contributed by atoms with E-state index in [1.807, 2.05) is 13.0 Å². The molecule has 7 heteroatoms. The van der Waals surface area contributed by atoms with Crippen molar-refractivity contribution in [3.05, 3.63) is 65.7 Å². The van der Waals surface area contributed by atoms with E-state index in [0.717, 1.165) is 5.56 Å². The Hall–Kier alpha value is -2.22. The molecule has 140 valence electrons. The van der Waals surface area contributed by atoms with Gasteiger partial charge in [-0.15, -0.1) is 0 Å². The number of rotatable bonds is 7. The molecule has 2 atom stereocenters. The second-order valence-corrected chi connectivity index (χ2v) is 8.10. The first-order valence-electron chi connectivity index (χ1n) is 8.24. The number of carbonyl (C=O) groups excluding carboxylic acids is 1. The van der Waals surface area contributed by atoms with Gasteiger partial charge >= 0.3 is 0 Å². The fourth-order valence-corrected chi connectivity index (χ4v) is 3.72. The monoisotopic (exact) mass is 376 g/mol. The van der Waals surface area contributed by atoms with Gasteiger partial charge in [-0.25, -0.2) is 8.42 Å². The average Bonchev–Trinajstić information content (AvgIpc) is 2.61. The minimum absolute atomic E-state index is 0.0634. The lowest BCUT2D eigenvalue weighted by molar-refractivity contribution is -0.131. The molecule has 0 saturated carbocycles. The molecule has 26 heavy (non-hydrogen) atoms. The van der Waals surface area contributed by atoms with Gasteiger partial charge in [0, 0.05) is 20.5 Å². The number of likely N-dealkylation sites (N-methyl/N-ethyl adjacent to an activating group) is 1. The van der Waals surface area contributed by atoms with Crippen LogP contribution >= 0.6 is 0 Å². The minimum Gasteiger partial charge on any atom is -0.388 e. The largest absolute Gasteiger partial charge is 0.388 e. The van der Waals surface area contributed by atoms with E-state index in [4.69, 9.17) is 0 Å². The highest BCUT2D eigenvalue weighted by molar-refractivity contribution is 7.89. The zero-order valence-electron chi connectivity index (χ0n) is 15.1. The SMILES string of the molecule is Cc1ccc(S(=O)(=O)NC(CC(O)c2ccccc2)C(=O)N(C)C)cc1. The Morgan fingerprint density at radius 1 is 1.08 bits per heavy atom. The van der Waals surface area contributed by atoms with Gasteiger partial charge in [-0.1, -0.05) is 48.0 Å². The molecule has 2 unspecified atom stereocenters. The summed E-state index contributed by atoms with van der Waals surface area (Å²) in [6, 6.07) is 14.1. The van der Waals surface area contributed by atoms with Gasteiger partial charge in [-0.3, -0.25) is 4.79 Å². The van der Waals surface area contributed by atoms with Gasteiger partial charge in [0.1, 0.15) is 6.04 Å². The van der Waals surface area contributed by atoms with Crippen LogP contribution in [0.3, 0.4) is 0 Å². The number of nitrogens with one attached hydrogen (secondary N) is 1. The lowest BCUT2D eigenvalue weighted by atomic mass is 10.0. The second kappa shape index (κ2) is 8.44. The fraction of sp³-hybridized carbons (Fsp3) is 0.316. The van der Waals surface area contributed by atoms with E-state index in [9.17, 15) is 18.3 Å². The lowest BCUT2D eigenvalue weighted by Crippen LogP contribution is -2.46. The third-order valence-corrected chi connectivity index (χ3v) is 5.50. The van der Waals surface area contributed by atoms with Crippen molar-refractivity contribution in [2.24, 2.45) is 0 Å². The van der Waals surface area contributed by atoms with Crippen LogP contribution in [0.25, 0.3) is 0 Å². The Morgan fingerprint density at radius 2 is 1.65 bits per heavy atom. The Labute approximate surface area is 154 Å². The van der Waals surface area contributed by atoms with Crippen LogP contribution in [0.1, 0.15) is 23.7 Å². The Morgan fingerprint density at radius 3 is 2.19 bits per heavy atom. The van der Waals surface area contributed by atoms with Gasteiger partial charge in [-0.2, -0.15) is 4.72 Å². The van der Waals surface area contributed by atoms with Crippen molar-refractivity contribution in [1.82, 2.24) is 9.62 Å². The normalized spacial score (nSPS) is 13.8. The molecular formula is C19H24N2O4S. The van der Waals surface area contributed by atoms with Crippen molar-refractivity contribution in [1.29, 1.82) is 0 Å². The molecular weight excluding hydrogens is 352 g/mol. The maximum Gasteiger partial charge on any atom is 0.241 e. The molecule has 0 heterocycles. The predicted octanol–water partition coefficient (Wildman–Crippen LogP) is 1.85. The van der Waals surface area contributed by atoms with E-state index in [-0.39, 0.29) is 11.3 Å². The molecule has 0 saturated heterocycles. The smallest absolute Gasteiger partial charge is 0.241 e. The summed E-state index contributed by atoms with van der Waals surface area (Å²) in [6.45, 7) is 1.86.